The van der Waals surface area contributed by atoms with Gasteiger partial charge in [0.1, 0.15) is 5.69 Å². The van der Waals surface area contributed by atoms with Crippen molar-refractivity contribution in [3.8, 4) is 11.3 Å². The van der Waals surface area contributed by atoms with Gasteiger partial charge in [0.2, 0.25) is 0 Å². The Morgan fingerprint density at radius 1 is 1.25 bits per heavy atom. The fourth-order valence-electron chi connectivity index (χ4n) is 2.85. The first-order chi connectivity index (χ1) is 11.8. The first kappa shape index (κ1) is 15.0. The number of anilines is 1. The second-order valence-corrected chi connectivity index (χ2v) is 6.90. The van der Waals surface area contributed by atoms with Gasteiger partial charge >= 0.3 is 0 Å². The van der Waals surface area contributed by atoms with Crippen LogP contribution in [0.15, 0.2) is 30.6 Å². The number of aryl methyl sites for hydroxylation is 2. The number of fused-ring (bicyclic) bond motifs is 1. The molecule has 0 bridgehead atoms. The summed E-state index contributed by atoms with van der Waals surface area (Å²) in [4.78, 5) is 22.4. The summed E-state index contributed by atoms with van der Waals surface area (Å²) in [6.07, 6.45) is 9.15. The number of nitrogens with zero attached hydrogens (tertiary/aromatic N) is 3. The van der Waals surface area contributed by atoms with Crippen LogP contribution in [-0.4, -0.2) is 26.1 Å². The van der Waals surface area contributed by atoms with E-state index in [1.54, 1.807) is 29.8 Å². The maximum Gasteiger partial charge on any atom is 0.275 e. The quantitative estimate of drug-likeness (QED) is 0.716. The molecule has 1 amide bonds. The number of hydrogen-bond donors (Lipinski definition) is 2. The van der Waals surface area contributed by atoms with Crippen molar-refractivity contribution in [3.05, 3.63) is 46.9 Å². The van der Waals surface area contributed by atoms with Crippen molar-refractivity contribution in [1.82, 2.24) is 20.2 Å². The topological polar surface area (TPSA) is 83.6 Å². The van der Waals surface area contributed by atoms with Crippen LogP contribution in [0.3, 0.4) is 0 Å². The third-order valence-corrected chi connectivity index (χ3v) is 5.17. The van der Waals surface area contributed by atoms with E-state index in [1.807, 2.05) is 12.1 Å². The number of pyridine rings is 1. The second kappa shape index (κ2) is 6.52. The summed E-state index contributed by atoms with van der Waals surface area (Å²) < 4.78 is 0. The molecule has 0 unspecified atom stereocenters. The molecule has 3 heterocycles. The molecule has 0 aromatic carbocycles. The van der Waals surface area contributed by atoms with E-state index < -0.39 is 0 Å². The van der Waals surface area contributed by atoms with Crippen molar-refractivity contribution in [1.29, 1.82) is 0 Å². The third kappa shape index (κ3) is 3.07. The maximum absolute atomic E-state index is 12.4. The van der Waals surface area contributed by atoms with Crippen molar-refractivity contribution in [2.24, 2.45) is 0 Å². The maximum atomic E-state index is 12.4. The molecule has 2 N–H and O–H groups in total. The van der Waals surface area contributed by atoms with E-state index in [-0.39, 0.29) is 5.91 Å². The molecule has 0 spiro atoms. The summed E-state index contributed by atoms with van der Waals surface area (Å²) in [5.74, 6) is -0.221. The van der Waals surface area contributed by atoms with Gasteiger partial charge in [-0.05, 0) is 43.9 Å². The van der Waals surface area contributed by atoms with E-state index in [2.05, 4.69) is 25.5 Å². The summed E-state index contributed by atoms with van der Waals surface area (Å²) in [6.45, 7) is 0. The molecule has 0 atom stereocenters. The van der Waals surface area contributed by atoms with Crippen LogP contribution in [0.2, 0.25) is 0 Å². The van der Waals surface area contributed by atoms with Crippen LogP contribution in [0.1, 0.15) is 40.3 Å². The lowest BCUT2D eigenvalue weighted by atomic mass is 10.2. The number of thiazole rings is 1. The Labute approximate surface area is 143 Å². The van der Waals surface area contributed by atoms with Gasteiger partial charge in [-0.1, -0.05) is 6.42 Å². The highest BCUT2D eigenvalue weighted by Crippen LogP contribution is 2.29. The number of rotatable bonds is 3. The fourth-order valence-corrected chi connectivity index (χ4v) is 3.89. The smallest absolute Gasteiger partial charge is 0.275 e. The number of carbonyl (C=O) groups is 1. The Balaban J connectivity index is 1.50. The normalized spacial score (nSPS) is 14.0. The van der Waals surface area contributed by atoms with Gasteiger partial charge in [-0.25, -0.2) is 4.98 Å². The van der Waals surface area contributed by atoms with Crippen molar-refractivity contribution in [2.45, 2.75) is 32.1 Å². The molecule has 0 aliphatic heterocycles. The number of nitrogens with one attached hydrogen (secondary N) is 2. The Bertz CT molecular complexity index is 832. The van der Waals surface area contributed by atoms with Crippen LogP contribution in [0.4, 0.5) is 5.13 Å². The Kier molecular flexibility index (Phi) is 4.08. The number of aromatic nitrogens is 4. The molecular weight excluding hydrogens is 322 g/mol. The van der Waals surface area contributed by atoms with Gasteiger partial charge in [0.05, 0.1) is 11.4 Å². The average Bonchev–Trinajstić information content (AvgIpc) is 3.18. The zero-order valence-electron chi connectivity index (χ0n) is 13.1. The first-order valence-electron chi connectivity index (χ1n) is 8.05. The molecule has 1 aliphatic rings. The number of amides is 1. The van der Waals surface area contributed by atoms with E-state index >= 15 is 0 Å². The molecule has 3 aromatic heterocycles. The molecule has 24 heavy (non-hydrogen) atoms. The molecule has 0 radical (unpaired) electrons. The highest BCUT2D eigenvalue weighted by atomic mass is 32.1. The molecule has 3 aromatic rings. The Morgan fingerprint density at radius 3 is 3.04 bits per heavy atom. The van der Waals surface area contributed by atoms with Crippen molar-refractivity contribution < 1.29 is 4.79 Å². The number of H-pyrrole nitrogens is 1. The minimum absolute atomic E-state index is 0.221. The van der Waals surface area contributed by atoms with Gasteiger partial charge in [0, 0.05) is 22.8 Å². The minimum Gasteiger partial charge on any atom is -0.296 e. The Morgan fingerprint density at radius 2 is 2.17 bits per heavy atom. The van der Waals surface area contributed by atoms with Gasteiger partial charge in [-0.15, -0.1) is 11.3 Å². The lowest BCUT2D eigenvalue weighted by Gasteiger charge is -1.98. The van der Waals surface area contributed by atoms with Gasteiger partial charge in [-0.3, -0.25) is 20.2 Å². The van der Waals surface area contributed by atoms with Crippen molar-refractivity contribution in [3.63, 3.8) is 0 Å². The minimum atomic E-state index is -0.221. The second-order valence-electron chi connectivity index (χ2n) is 5.81. The SMILES string of the molecule is O=C(Nc1nc2c(s1)CCCCC2)c1cc(-c2cccnc2)n[nH]1. The van der Waals surface area contributed by atoms with Crippen LogP contribution in [0.5, 0.6) is 0 Å². The number of carbonyl (C=O) groups excluding carboxylic acids is 1. The monoisotopic (exact) mass is 339 g/mol. The van der Waals surface area contributed by atoms with Gasteiger partial charge in [-0.2, -0.15) is 5.10 Å². The summed E-state index contributed by atoms with van der Waals surface area (Å²) in [5.41, 5.74) is 3.13. The summed E-state index contributed by atoms with van der Waals surface area (Å²) in [7, 11) is 0. The van der Waals surface area contributed by atoms with Crippen LogP contribution < -0.4 is 5.32 Å². The van der Waals surface area contributed by atoms with Gasteiger partial charge in [0.15, 0.2) is 5.13 Å². The molecule has 6 nitrogen and oxygen atoms in total. The molecule has 122 valence electrons. The van der Waals surface area contributed by atoms with Gasteiger partial charge in [0.25, 0.3) is 5.91 Å². The van der Waals surface area contributed by atoms with Gasteiger partial charge < -0.3 is 0 Å². The zero-order valence-corrected chi connectivity index (χ0v) is 13.9. The van der Waals surface area contributed by atoms with Crippen LogP contribution in [0.25, 0.3) is 11.3 Å². The van der Waals surface area contributed by atoms with E-state index in [9.17, 15) is 4.79 Å². The number of hydrogen-bond acceptors (Lipinski definition) is 5. The molecular formula is C17H17N5OS. The lowest BCUT2D eigenvalue weighted by molar-refractivity contribution is 0.102. The summed E-state index contributed by atoms with van der Waals surface area (Å²) in [5, 5.41) is 10.5. The van der Waals surface area contributed by atoms with E-state index in [1.165, 1.54) is 24.1 Å². The lowest BCUT2D eigenvalue weighted by Crippen LogP contribution is -2.12. The Hall–Kier alpha value is -2.54. The summed E-state index contributed by atoms with van der Waals surface area (Å²) >= 11 is 1.59. The van der Waals surface area contributed by atoms with Crippen LogP contribution >= 0.6 is 11.3 Å². The average molecular weight is 339 g/mol. The molecule has 0 saturated carbocycles. The van der Waals surface area contributed by atoms with Crippen molar-refractivity contribution in [2.75, 3.05) is 5.32 Å². The van der Waals surface area contributed by atoms with E-state index in [0.29, 0.717) is 16.5 Å². The van der Waals surface area contributed by atoms with Crippen LogP contribution in [0, 0.1) is 0 Å². The van der Waals surface area contributed by atoms with Crippen molar-refractivity contribution >= 4 is 22.4 Å². The predicted molar refractivity (Wildman–Crippen MR) is 93.1 cm³/mol. The zero-order chi connectivity index (χ0) is 16.4. The molecule has 1 aliphatic carbocycles. The van der Waals surface area contributed by atoms with E-state index in [4.69, 9.17) is 0 Å². The highest BCUT2D eigenvalue weighted by molar-refractivity contribution is 7.15. The third-order valence-electron chi connectivity index (χ3n) is 4.10. The first-order valence-corrected chi connectivity index (χ1v) is 8.87. The largest absolute Gasteiger partial charge is 0.296 e. The fraction of sp³-hybridized carbons (Fsp3) is 0.294. The predicted octanol–water partition coefficient (Wildman–Crippen LogP) is 3.45. The highest BCUT2D eigenvalue weighted by Gasteiger charge is 2.17. The molecule has 4 rings (SSSR count). The van der Waals surface area contributed by atoms with E-state index in [0.717, 1.165) is 24.1 Å². The molecule has 7 heteroatoms. The summed E-state index contributed by atoms with van der Waals surface area (Å²) in [6, 6.07) is 5.47. The molecule has 0 saturated heterocycles. The number of aromatic amines is 1. The van der Waals surface area contributed by atoms with Crippen LogP contribution in [-0.2, 0) is 12.8 Å². The molecule has 0 fully saturated rings. The standard InChI is InChI=1S/C17H17N5OS/c23-16(14-9-13(21-22-14)11-5-4-8-18-10-11)20-17-19-12-6-2-1-3-7-15(12)24-17/h4-5,8-10H,1-3,6-7H2,(H,21,22)(H,19,20,23).